The number of anilines is 1. The van der Waals surface area contributed by atoms with Crippen molar-refractivity contribution in [1.29, 1.82) is 0 Å². The van der Waals surface area contributed by atoms with E-state index in [1.165, 1.54) is 4.90 Å². The molecule has 3 aliphatic carbocycles. The number of likely N-dealkylation sites (tertiary alicyclic amines) is 1. The summed E-state index contributed by atoms with van der Waals surface area (Å²) in [7, 11) is 0. The minimum absolute atomic E-state index is 0.182. The van der Waals surface area contributed by atoms with Crippen molar-refractivity contribution < 1.29 is 14.4 Å². The Kier molecular flexibility index (Phi) is 6.70. The number of nitrogens with one attached hydrogen (secondary N) is 1. The number of alkyl halides is 2. The van der Waals surface area contributed by atoms with Gasteiger partial charge in [-0.1, -0.05) is 84.2 Å². The lowest BCUT2D eigenvalue weighted by atomic mass is 9.54. The first-order valence-electron chi connectivity index (χ1n) is 12.9. The second kappa shape index (κ2) is 9.81. The predicted octanol–water partition coefficient (Wildman–Crippen LogP) is 7.09. The van der Waals surface area contributed by atoms with E-state index in [4.69, 9.17) is 46.4 Å². The number of unbranched alkanes of at least 4 members (excludes halogenated alkanes) is 2. The molecule has 200 valence electrons. The van der Waals surface area contributed by atoms with Crippen LogP contribution in [0.1, 0.15) is 47.9 Å². The highest BCUT2D eigenvalue weighted by Crippen LogP contribution is 2.69. The molecule has 4 aliphatic rings. The molecule has 2 atom stereocenters. The maximum Gasteiger partial charge on any atom is 0.235 e. The van der Waals surface area contributed by atoms with Gasteiger partial charge in [0.1, 0.15) is 9.75 Å². The van der Waals surface area contributed by atoms with Crippen LogP contribution in [0.25, 0.3) is 0 Å². The SMILES string of the molecule is O=C(CCCCCN1C(=O)[C@H]2[C@H](C1=O)C1(Cl)c3ccccc3C2(Cl)c2ccccc21)Nc1cccc(Cl)c1Cl. The molecule has 7 rings (SSSR count). The minimum Gasteiger partial charge on any atom is -0.325 e. The van der Waals surface area contributed by atoms with Gasteiger partial charge in [-0.15, -0.1) is 23.2 Å². The third-order valence-corrected chi connectivity index (χ3v) is 10.3. The number of carbonyl (C=O) groups excluding carboxylic acids is 3. The topological polar surface area (TPSA) is 66.5 Å². The molecule has 39 heavy (non-hydrogen) atoms. The predicted molar refractivity (Wildman–Crippen MR) is 153 cm³/mol. The molecular formula is C30H24Cl4N2O3. The molecule has 0 saturated carbocycles. The summed E-state index contributed by atoms with van der Waals surface area (Å²) in [5, 5.41) is 3.44. The zero-order valence-electron chi connectivity index (χ0n) is 20.7. The van der Waals surface area contributed by atoms with Crippen LogP contribution in [0.3, 0.4) is 0 Å². The van der Waals surface area contributed by atoms with Crippen molar-refractivity contribution in [2.75, 3.05) is 11.9 Å². The fourth-order valence-electron chi connectivity index (χ4n) is 6.49. The highest BCUT2D eigenvalue weighted by Gasteiger charge is 2.72. The first kappa shape index (κ1) is 26.6. The summed E-state index contributed by atoms with van der Waals surface area (Å²) in [5.41, 5.74) is 3.61. The van der Waals surface area contributed by atoms with Gasteiger partial charge in [-0.25, -0.2) is 0 Å². The van der Waals surface area contributed by atoms with E-state index in [1.54, 1.807) is 18.2 Å². The van der Waals surface area contributed by atoms with E-state index in [9.17, 15) is 14.4 Å². The second-order valence-corrected chi connectivity index (χ2v) is 12.2. The van der Waals surface area contributed by atoms with Gasteiger partial charge >= 0.3 is 0 Å². The third kappa shape index (κ3) is 3.85. The van der Waals surface area contributed by atoms with Crippen LogP contribution in [0.4, 0.5) is 5.69 Å². The number of halogens is 4. The van der Waals surface area contributed by atoms with Crippen LogP contribution in [0.2, 0.25) is 10.0 Å². The third-order valence-electron chi connectivity index (χ3n) is 8.19. The number of imide groups is 1. The minimum atomic E-state index is -1.17. The highest BCUT2D eigenvalue weighted by atomic mass is 35.5. The maximum atomic E-state index is 13.8. The number of carbonyl (C=O) groups is 3. The Balaban J connectivity index is 1.16. The summed E-state index contributed by atoms with van der Waals surface area (Å²) in [6, 6.07) is 20.2. The van der Waals surface area contributed by atoms with Gasteiger partial charge in [0, 0.05) is 13.0 Å². The normalized spacial score (nSPS) is 26.3. The van der Waals surface area contributed by atoms with Crippen LogP contribution in [-0.4, -0.2) is 29.2 Å². The van der Waals surface area contributed by atoms with Crippen LogP contribution in [0, 0.1) is 11.8 Å². The Labute approximate surface area is 246 Å². The Morgan fingerprint density at radius 2 is 1.26 bits per heavy atom. The summed E-state index contributed by atoms with van der Waals surface area (Å²) in [5.74, 6) is -2.34. The van der Waals surface area contributed by atoms with Crippen molar-refractivity contribution in [2.45, 2.75) is 35.4 Å². The molecule has 1 aliphatic heterocycles. The van der Waals surface area contributed by atoms with Gasteiger partial charge in [-0.3, -0.25) is 19.3 Å². The average Bonchev–Trinajstić information content (AvgIpc) is 3.20. The molecule has 1 fully saturated rings. The van der Waals surface area contributed by atoms with Crippen molar-refractivity contribution in [3.8, 4) is 0 Å². The molecule has 3 aromatic carbocycles. The number of nitrogens with zero attached hydrogens (tertiary/aromatic N) is 1. The molecule has 3 amide bonds. The van der Waals surface area contributed by atoms with E-state index in [0.29, 0.717) is 35.0 Å². The molecule has 0 radical (unpaired) electrons. The number of rotatable bonds is 7. The number of hydrogen-bond acceptors (Lipinski definition) is 3. The lowest BCUT2D eigenvalue weighted by molar-refractivity contribution is -0.140. The first-order valence-corrected chi connectivity index (χ1v) is 14.4. The van der Waals surface area contributed by atoms with E-state index in [0.717, 1.165) is 22.3 Å². The van der Waals surface area contributed by atoms with Gasteiger partial charge in [0.05, 0.1) is 27.6 Å². The Morgan fingerprint density at radius 1 is 0.744 bits per heavy atom. The summed E-state index contributed by atoms with van der Waals surface area (Å²) in [6.07, 6.45) is 2.08. The average molecular weight is 602 g/mol. The number of hydrogen-bond donors (Lipinski definition) is 1. The summed E-state index contributed by atoms with van der Waals surface area (Å²) >= 11 is 27.0. The zero-order chi connectivity index (χ0) is 27.5. The van der Waals surface area contributed by atoms with E-state index in [2.05, 4.69) is 5.32 Å². The molecule has 1 N–H and O–H groups in total. The summed E-state index contributed by atoms with van der Waals surface area (Å²) in [6.45, 7) is 0.249. The van der Waals surface area contributed by atoms with E-state index >= 15 is 0 Å². The monoisotopic (exact) mass is 600 g/mol. The molecule has 9 heteroatoms. The maximum absolute atomic E-state index is 13.8. The fraction of sp³-hybridized carbons (Fsp3) is 0.300. The summed E-state index contributed by atoms with van der Waals surface area (Å²) < 4.78 is 0. The van der Waals surface area contributed by atoms with Gasteiger partial charge in [-0.05, 0) is 47.2 Å². The molecule has 3 aromatic rings. The first-order chi connectivity index (χ1) is 18.7. The van der Waals surface area contributed by atoms with Gasteiger partial charge in [0.15, 0.2) is 0 Å². The number of benzene rings is 3. The molecule has 0 spiro atoms. The van der Waals surface area contributed by atoms with Crippen LogP contribution in [0.15, 0.2) is 66.7 Å². The van der Waals surface area contributed by atoms with Crippen LogP contribution in [-0.2, 0) is 24.1 Å². The quantitative estimate of drug-likeness (QED) is 0.179. The van der Waals surface area contributed by atoms with Crippen LogP contribution < -0.4 is 5.32 Å². The second-order valence-electron chi connectivity index (χ2n) is 10.3. The molecule has 1 saturated heterocycles. The van der Waals surface area contributed by atoms with E-state index < -0.39 is 21.6 Å². The zero-order valence-corrected chi connectivity index (χ0v) is 23.7. The van der Waals surface area contributed by atoms with Gasteiger partial charge in [0.25, 0.3) is 0 Å². The lowest BCUT2D eigenvalue weighted by Crippen LogP contribution is -2.57. The fourth-order valence-corrected chi connectivity index (χ4v) is 7.94. The van der Waals surface area contributed by atoms with E-state index in [1.807, 2.05) is 48.5 Å². The Hall–Kier alpha value is -2.57. The van der Waals surface area contributed by atoms with Gasteiger partial charge < -0.3 is 5.32 Å². The molecule has 0 aromatic heterocycles. The van der Waals surface area contributed by atoms with Crippen molar-refractivity contribution in [1.82, 2.24) is 4.90 Å². The van der Waals surface area contributed by atoms with Gasteiger partial charge in [0.2, 0.25) is 17.7 Å². The molecule has 0 unspecified atom stereocenters. The molecular weight excluding hydrogens is 578 g/mol. The van der Waals surface area contributed by atoms with Crippen molar-refractivity contribution in [2.24, 2.45) is 11.8 Å². The standard InChI is InChI=1S/C30H24Cl4N2O3/c31-21-13-8-14-22(26(21)32)35-23(37)15-2-1-7-16-36-27(38)24-25(28(36)39)30(34)18-10-4-3-9-17(18)29(24,33)19-11-5-6-12-20(19)30/h3-6,8-14,24-25H,1-2,7,15-16H2,(H,35,37)/t24-,25-,29?,30?/m1/s1. The van der Waals surface area contributed by atoms with Crippen LogP contribution in [0.5, 0.6) is 0 Å². The van der Waals surface area contributed by atoms with Crippen molar-refractivity contribution in [3.63, 3.8) is 0 Å². The van der Waals surface area contributed by atoms with Crippen molar-refractivity contribution >= 4 is 69.8 Å². The van der Waals surface area contributed by atoms with Crippen LogP contribution >= 0.6 is 46.4 Å². The Bertz CT molecular complexity index is 1400. The molecule has 1 heterocycles. The molecule has 5 nitrogen and oxygen atoms in total. The largest absolute Gasteiger partial charge is 0.325 e. The highest BCUT2D eigenvalue weighted by molar-refractivity contribution is 6.44. The number of amides is 3. The smallest absolute Gasteiger partial charge is 0.235 e. The van der Waals surface area contributed by atoms with E-state index in [-0.39, 0.29) is 30.7 Å². The van der Waals surface area contributed by atoms with Crippen molar-refractivity contribution in [3.05, 3.63) is 99.0 Å². The Morgan fingerprint density at radius 3 is 1.77 bits per heavy atom. The molecule has 2 bridgehead atoms. The lowest BCUT2D eigenvalue weighted by Gasteiger charge is -2.54. The van der Waals surface area contributed by atoms with Gasteiger partial charge in [-0.2, -0.15) is 0 Å². The summed E-state index contributed by atoms with van der Waals surface area (Å²) in [4.78, 5) is 39.0.